The topological polar surface area (TPSA) is 115 Å². The Morgan fingerprint density at radius 3 is 0.825 bits per heavy atom. The summed E-state index contributed by atoms with van der Waals surface area (Å²) in [6.45, 7) is 0. The molecule has 0 radical (unpaired) electrons. The molecule has 11 aromatic rings. The molecule has 8 nitrogen and oxygen atoms in total. The minimum Gasteiger partial charge on any atom is -0.354 e. The Labute approximate surface area is 542 Å². The van der Waals surface area contributed by atoms with Gasteiger partial charge in [-0.25, -0.2) is 19.9 Å². The maximum absolute atomic E-state index is 17.1. The number of aromatic amines is 4. The fourth-order valence-electron chi connectivity index (χ4n) is 13.9. The number of H-pyrrole nitrogens is 4. The molecule has 0 spiro atoms. The Bertz CT molecular complexity index is 5240. The fraction of sp³-hybridized carbons (Fsp3) is 0.0909. The Balaban J connectivity index is 1.11. The molecule has 20 heteroatoms. The van der Waals surface area contributed by atoms with Gasteiger partial charge in [0.25, 0.3) is 0 Å². The largest absolute Gasteiger partial charge is 0.420 e. The van der Waals surface area contributed by atoms with Gasteiger partial charge in [-0.05, 0) is 149 Å². The number of aryl methyl sites for hydroxylation is 2. The van der Waals surface area contributed by atoms with Crippen LogP contribution in [0.4, 0.5) is 52.7 Å². The minimum atomic E-state index is -5.28. The number of halogens is 12. The van der Waals surface area contributed by atoms with Gasteiger partial charge in [0.05, 0.1) is 67.6 Å². The van der Waals surface area contributed by atoms with E-state index in [-0.39, 0.29) is 100 Å². The summed E-state index contributed by atoms with van der Waals surface area (Å²) in [5, 5.41) is 0. The number of nitrogens with one attached hydrogen (secondary N) is 4. The zero-order valence-corrected chi connectivity index (χ0v) is 50.2. The van der Waals surface area contributed by atoms with Crippen molar-refractivity contribution in [3.63, 3.8) is 0 Å². The summed E-state index contributed by atoms with van der Waals surface area (Å²) < 4.78 is 197. The molecule has 478 valence electrons. The number of hydrogen-bond acceptors (Lipinski definition) is 4. The van der Waals surface area contributed by atoms with E-state index < -0.39 is 80.8 Å². The summed E-state index contributed by atoms with van der Waals surface area (Å²) in [7, 11) is 0. The van der Waals surface area contributed by atoms with Crippen LogP contribution in [0.15, 0.2) is 170 Å². The monoisotopic (exact) mass is 1310 g/mol. The van der Waals surface area contributed by atoms with E-state index in [4.69, 9.17) is 9.97 Å². The van der Waals surface area contributed by atoms with Crippen molar-refractivity contribution >= 4 is 92.7 Å². The maximum Gasteiger partial charge on any atom is 0.420 e. The molecule has 0 fully saturated rings. The van der Waals surface area contributed by atoms with E-state index in [0.717, 1.165) is 12.2 Å². The van der Waals surface area contributed by atoms with E-state index in [1.165, 1.54) is 72.9 Å². The van der Waals surface area contributed by atoms with E-state index in [1.54, 1.807) is 133 Å². The Hall–Kier alpha value is -11.5. The SMILES string of the molecule is FC(F)(F)c1c2nc(c(-c3ccccc3)c3cc(-c4cc5c(cc4-c4cc6[nH]c4c(C(F)(F)F)c4nc(c(-c7ccccc7)c7ccc([nH]7)c(C(F)(F)F)c7nc(c6-c6ccccc6)C=C7)C=C4)CCC5)c([nH]3)c(C(F)(F)F)c3nc(c(-c4ccccc4)c4ccc1[nH]4)C=C3)C=C2. The van der Waals surface area contributed by atoms with Crippen LogP contribution in [0.1, 0.15) is 85.4 Å². The molecule has 1 aliphatic carbocycles. The normalized spacial score (nSPS) is 13.7. The zero-order valence-electron chi connectivity index (χ0n) is 50.2. The molecule has 0 saturated heterocycles. The number of hydrogen-bond donors (Lipinski definition) is 4. The molecule has 97 heavy (non-hydrogen) atoms. The maximum atomic E-state index is 17.1. The molecule has 5 aromatic carbocycles. The average Bonchev–Trinajstić information content (AvgIpc) is 1.60. The van der Waals surface area contributed by atoms with Crippen LogP contribution in [0.2, 0.25) is 0 Å². The van der Waals surface area contributed by atoms with E-state index in [2.05, 4.69) is 29.9 Å². The molecule has 5 aliphatic rings. The fourth-order valence-corrected chi connectivity index (χ4v) is 13.9. The summed E-state index contributed by atoms with van der Waals surface area (Å²) in [6.07, 6.45) is -9.18. The number of fused-ring (bicyclic) bond motifs is 17. The standard InChI is InChI=1S/C77H46F12N8/c78-74(79,80)68-56-30-24-50(90-56)64(40-14-5-1-6-15-40)52-28-34-60(94-52)70(76(84,85)86)72-48(38-62(96-72)66(42-18-9-3-10-19-42)54-26-32-58(68)92-54)46-36-44-22-13-23-45(44)37-47(46)49-39-63-67(43-20-11-4-12-21-43)55-27-33-59(93-55)69(75(81,82)83)57-31-25-51(91-57)65(41-16-7-2-8-17-41)53-29-35-61(95-53)71(73(49)97-63)77(87,88)89/h1-12,14-21,24-39,90-91,96-97H,13,22-23H2. The van der Waals surface area contributed by atoms with Gasteiger partial charge in [-0.1, -0.05) is 133 Å². The van der Waals surface area contributed by atoms with Gasteiger partial charge in [-0.15, -0.1) is 0 Å². The van der Waals surface area contributed by atoms with Crippen molar-refractivity contribution in [2.24, 2.45) is 0 Å². The van der Waals surface area contributed by atoms with Gasteiger partial charge in [-0.3, -0.25) is 0 Å². The van der Waals surface area contributed by atoms with Crippen molar-refractivity contribution in [2.45, 2.75) is 44.0 Å². The molecule has 0 amide bonds. The van der Waals surface area contributed by atoms with E-state index >= 15 is 52.7 Å². The highest BCUT2D eigenvalue weighted by Gasteiger charge is 2.42. The summed E-state index contributed by atoms with van der Waals surface area (Å²) in [5.74, 6) is 0. The number of alkyl halides is 12. The molecule has 4 aliphatic heterocycles. The van der Waals surface area contributed by atoms with Gasteiger partial charge in [0, 0.05) is 55.4 Å². The quantitative estimate of drug-likeness (QED) is 0.124. The van der Waals surface area contributed by atoms with Crippen LogP contribution in [0.3, 0.4) is 0 Å². The first-order valence-electron chi connectivity index (χ1n) is 30.7. The first-order chi connectivity index (χ1) is 46.6. The minimum absolute atomic E-state index is 0.00669. The molecular weight excluding hydrogens is 1260 g/mol. The lowest BCUT2D eigenvalue weighted by atomic mass is 9.89. The van der Waals surface area contributed by atoms with Gasteiger partial charge in [0.2, 0.25) is 0 Å². The molecule has 10 heterocycles. The average molecular weight is 1310 g/mol. The summed E-state index contributed by atoms with van der Waals surface area (Å²) in [4.78, 5) is 30.6. The Morgan fingerprint density at radius 1 is 0.258 bits per heavy atom. The summed E-state index contributed by atoms with van der Waals surface area (Å²) >= 11 is 0. The number of aromatic nitrogens is 8. The smallest absolute Gasteiger partial charge is 0.354 e. The third kappa shape index (κ3) is 10.6. The number of nitrogens with zero attached hydrogens (tertiary/aromatic N) is 4. The molecule has 0 saturated carbocycles. The van der Waals surface area contributed by atoms with Crippen molar-refractivity contribution in [3.8, 4) is 66.8 Å². The van der Waals surface area contributed by atoms with Gasteiger partial charge >= 0.3 is 24.7 Å². The highest BCUT2D eigenvalue weighted by molar-refractivity contribution is 6.06. The second kappa shape index (κ2) is 22.6. The highest BCUT2D eigenvalue weighted by atomic mass is 19.4. The summed E-state index contributed by atoms with van der Waals surface area (Å²) in [5.41, 5.74) is -6.50. The predicted molar refractivity (Wildman–Crippen MR) is 356 cm³/mol. The molecule has 16 bridgehead atoms. The molecular formula is C77H46F12N8. The Kier molecular flexibility index (Phi) is 14.1. The van der Waals surface area contributed by atoms with E-state index in [9.17, 15) is 0 Å². The predicted octanol–water partition coefficient (Wildman–Crippen LogP) is 22.2. The van der Waals surface area contributed by atoms with Gasteiger partial charge < -0.3 is 19.9 Å². The van der Waals surface area contributed by atoms with Gasteiger partial charge in [-0.2, -0.15) is 52.7 Å². The Morgan fingerprint density at radius 2 is 0.526 bits per heavy atom. The highest BCUT2D eigenvalue weighted by Crippen LogP contribution is 2.51. The lowest BCUT2D eigenvalue weighted by Crippen LogP contribution is -2.09. The van der Waals surface area contributed by atoms with E-state index in [1.807, 2.05) is 0 Å². The third-order valence-electron chi connectivity index (χ3n) is 17.9. The molecule has 0 unspecified atom stereocenters. The first-order valence-corrected chi connectivity index (χ1v) is 30.7. The van der Waals surface area contributed by atoms with Crippen LogP contribution in [-0.4, -0.2) is 39.9 Å². The van der Waals surface area contributed by atoms with Crippen molar-refractivity contribution in [1.29, 1.82) is 0 Å². The molecule has 6 aromatic heterocycles. The van der Waals surface area contributed by atoms with Gasteiger partial charge in [0.15, 0.2) is 0 Å². The van der Waals surface area contributed by atoms with Crippen molar-refractivity contribution in [1.82, 2.24) is 39.9 Å². The lowest BCUT2D eigenvalue weighted by Gasteiger charge is -2.16. The summed E-state index contributed by atoms with van der Waals surface area (Å²) in [6, 6.07) is 44.4. The second-order valence-corrected chi connectivity index (χ2v) is 23.9. The molecule has 4 N–H and O–H groups in total. The van der Waals surface area contributed by atoms with Gasteiger partial charge in [0.1, 0.15) is 22.3 Å². The van der Waals surface area contributed by atoms with Crippen LogP contribution in [0.25, 0.3) is 160 Å². The van der Waals surface area contributed by atoms with E-state index in [0.29, 0.717) is 52.6 Å². The second-order valence-electron chi connectivity index (χ2n) is 23.9. The van der Waals surface area contributed by atoms with Crippen LogP contribution >= 0.6 is 0 Å². The number of benzene rings is 5. The molecule has 16 rings (SSSR count). The van der Waals surface area contributed by atoms with Crippen molar-refractivity contribution in [3.05, 3.63) is 249 Å². The third-order valence-corrected chi connectivity index (χ3v) is 17.9. The van der Waals surface area contributed by atoms with Crippen LogP contribution < -0.4 is 0 Å². The number of rotatable bonds is 6. The van der Waals surface area contributed by atoms with Crippen LogP contribution in [-0.2, 0) is 37.5 Å². The molecule has 0 atom stereocenters. The first kappa shape index (κ1) is 60.4. The zero-order chi connectivity index (χ0) is 66.9. The van der Waals surface area contributed by atoms with Crippen LogP contribution in [0, 0.1) is 0 Å². The van der Waals surface area contributed by atoms with Crippen molar-refractivity contribution < 1.29 is 52.7 Å². The van der Waals surface area contributed by atoms with Crippen LogP contribution in [0.5, 0.6) is 0 Å². The van der Waals surface area contributed by atoms with Crippen molar-refractivity contribution in [2.75, 3.05) is 0 Å². The lowest BCUT2D eigenvalue weighted by molar-refractivity contribution is -0.137.